The highest BCUT2D eigenvalue weighted by molar-refractivity contribution is 6.06. The van der Waals surface area contributed by atoms with Crippen molar-refractivity contribution in [3.8, 4) is 0 Å². The topological polar surface area (TPSA) is 63.6 Å². The summed E-state index contributed by atoms with van der Waals surface area (Å²) in [7, 11) is 1.72. The maximum absolute atomic E-state index is 5.96. The zero-order valence-corrected chi connectivity index (χ0v) is 12.4. The van der Waals surface area contributed by atoms with E-state index < -0.39 is 0 Å². The fraction of sp³-hybridized carbons (Fsp3) is 0.438. The Morgan fingerprint density at radius 1 is 1.50 bits per heavy atom. The molecule has 4 heteroatoms. The molecule has 0 aliphatic heterocycles. The van der Waals surface area contributed by atoms with Crippen LogP contribution in [0.15, 0.2) is 28.3 Å². The number of rotatable bonds is 2. The van der Waals surface area contributed by atoms with E-state index in [1.165, 1.54) is 12.0 Å². The molecule has 2 N–H and O–H groups in total. The summed E-state index contributed by atoms with van der Waals surface area (Å²) in [4.78, 5) is 12.8. The number of nitrogen functional groups attached to an aromatic ring is 1. The molecule has 1 aromatic heterocycles. The lowest BCUT2D eigenvalue weighted by atomic mass is 9.88. The number of hydrogen-bond donors (Lipinski definition) is 1. The average molecular weight is 270 g/mol. The largest absolute Gasteiger partial charge is 0.383 e. The van der Waals surface area contributed by atoms with Gasteiger partial charge in [-0.05, 0) is 49.3 Å². The molecule has 0 radical (unpaired) electrons. The van der Waals surface area contributed by atoms with E-state index in [2.05, 4.69) is 34.0 Å². The first-order valence-electron chi connectivity index (χ1n) is 7.06. The first-order valence-corrected chi connectivity index (χ1v) is 7.06. The van der Waals surface area contributed by atoms with Crippen molar-refractivity contribution < 1.29 is 0 Å². The summed E-state index contributed by atoms with van der Waals surface area (Å²) >= 11 is 0. The van der Waals surface area contributed by atoms with Crippen molar-refractivity contribution >= 4 is 23.4 Å². The summed E-state index contributed by atoms with van der Waals surface area (Å²) in [6, 6.07) is 2.06. The second-order valence-corrected chi connectivity index (χ2v) is 5.20. The average Bonchev–Trinajstić information content (AvgIpc) is 2.46. The van der Waals surface area contributed by atoms with Gasteiger partial charge in [-0.3, -0.25) is 4.99 Å². The Morgan fingerprint density at radius 3 is 2.90 bits per heavy atom. The monoisotopic (exact) mass is 270 g/mol. The van der Waals surface area contributed by atoms with E-state index in [9.17, 15) is 0 Å². The van der Waals surface area contributed by atoms with Crippen LogP contribution >= 0.6 is 0 Å². The number of nitrogens with zero attached hydrogens (tertiary/aromatic N) is 3. The summed E-state index contributed by atoms with van der Waals surface area (Å²) in [5.74, 6) is 1.88. The van der Waals surface area contributed by atoms with Crippen molar-refractivity contribution in [3.05, 3.63) is 29.5 Å². The van der Waals surface area contributed by atoms with Crippen molar-refractivity contribution in [2.24, 2.45) is 15.9 Å². The number of aromatic nitrogens is 1. The van der Waals surface area contributed by atoms with Crippen molar-refractivity contribution in [2.45, 2.75) is 33.1 Å². The van der Waals surface area contributed by atoms with Gasteiger partial charge in [-0.2, -0.15) is 0 Å². The van der Waals surface area contributed by atoms with E-state index in [4.69, 9.17) is 5.73 Å². The number of anilines is 1. The number of amidine groups is 1. The molecule has 0 bridgehead atoms. The van der Waals surface area contributed by atoms with Crippen LogP contribution < -0.4 is 5.73 Å². The summed E-state index contributed by atoms with van der Waals surface area (Å²) in [6.45, 7) is 4.15. The SMILES string of the molecule is CC=NC(=NC)c1cc(C2=CCC(C)CC2)cnc1N. The third-order valence-corrected chi connectivity index (χ3v) is 3.67. The summed E-state index contributed by atoms with van der Waals surface area (Å²) in [5.41, 5.74) is 9.26. The molecule has 0 saturated carbocycles. The molecule has 1 heterocycles. The fourth-order valence-electron chi connectivity index (χ4n) is 2.43. The van der Waals surface area contributed by atoms with Gasteiger partial charge in [0.2, 0.25) is 0 Å². The van der Waals surface area contributed by atoms with E-state index in [-0.39, 0.29) is 0 Å². The quantitative estimate of drug-likeness (QED) is 0.661. The first kappa shape index (κ1) is 14.4. The summed E-state index contributed by atoms with van der Waals surface area (Å²) in [5, 5.41) is 0. The van der Waals surface area contributed by atoms with Crippen molar-refractivity contribution in [1.29, 1.82) is 0 Å². The molecule has 1 aliphatic carbocycles. The van der Waals surface area contributed by atoms with Crippen molar-refractivity contribution in [2.75, 3.05) is 12.8 Å². The van der Waals surface area contributed by atoms with Gasteiger partial charge in [-0.1, -0.05) is 13.0 Å². The minimum absolute atomic E-state index is 0.477. The Kier molecular flexibility index (Phi) is 4.66. The van der Waals surface area contributed by atoms with Gasteiger partial charge in [0.15, 0.2) is 5.84 Å². The van der Waals surface area contributed by atoms with E-state index in [1.54, 1.807) is 13.3 Å². The number of nitrogens with two attached hydrogens (primary N) is 1. The Morgan fingerprint density at radius 2 is 2.30 bits per heavy atom. The highest BCUT2D eigenvalue weighted by Gasteiger charge is 2.14. The molecule has 2 rings (SSSR count). The molecular formula is C16H22N4. The van der Waals surface area contributed by atoms with Crippen LogP contribution in [-0.2, 0) is 0 Å². The lowest BCUT2D eigenvalue weighted by Crippen LogP contribution is -2.07. The van der Waals surface area contributed by atoms with Crippen LogP contribution in [0.2, 0.25) is 0 Å². The van der Waals surface area contributed by atoms with Gasteiger partial charge in [0.05, 0.1) is 5.56 Å². The highest BCUT2D eigenvalue weighted by atomic mass is 14.9. The van der Waals surface area contributed by atoms with Gasteiger partial charge in [0.25, 0.3) is 0 Å². The summed E-state index contributed by atoms with van der Waals surface area (Å²) in [6.07, 6.45) is 9.35. The minimum Gasteiger partial charge on any atom is -0.383 e. The fourth-order valence-corrected chi connectivity index (χ4v) is 2.43. The van der Waals surface area contributed by atoms with Crippen LogP contribution in [0.25, 0.3) is 5.57 Å². The molecule has 0 aromatic carbocycles. The molecule has 0 saturated heterocycles. The summed E-state index contributed by atoms with van der Waals surface area (Å²) < 4.78 is 0. The van der Waals surface area contributed by atoms with Crippen molar-refractivity contribution in [1.82, 2.24) is 4.98 Å². The first-order chi connectivity index (χ1) is 9.65. The lowest BCUT2D eigenvalue weighted by molar-refractivity contribution is 0.534. The smallest absolute Gasteiger partial charge is 0.157 e. The Labute approximate surface area is 120 Å². The van der Waals surface area contributed by atoms with Crippen molar-refractivity contribution in [3.63, 3.8) is 0 Å². The Hall–Kier alpha value is -1.97. The van der Waals surface area contributed by atoms with Crippen LogP contribution in [0.4, 0.5) is 5.82 Å². The molecule has 106 valence electrons. The predicted molar refractivity (Wildman–Crippen MR) is 86.3 cm³/mol. The van der Waals surface area contributed by atoms with Gasteiger partial charge >= 0.3 is 0 Å². The Bertz CT molecular complexity index is 570. The van der Waals surface area contributed by atoms with E-state index in [1.807, 2.05) is 13.1 Å². The van der Waals surface area contributed by atoms with Gasteiger partial charge in [-0.25, -0.2) is 9.98 Å². The molecule has 0 spiro atoms. The maximum Gasteiger partial charge on any atom is 0.157 e. The number of hydrogen-bond acceptors (Lipinski definition) is 3. The third-order valence-electron chi connectivity index (χ3n) is 3.67. The molecule has 4 nitrogen and oxygen atoms in total. The molecule has 1 aliphatic rings. The molecule has 0 fully saturated rings. The van der Waals surface area contributed by atoms with Gasteiger partial charge in [0, 0.05) is 19.5 Å². The van der Waals surface area contributed by atoms with E-state index in [0.29, 0.717) is 11.7 Å². The minimum atomic E-state index is 0.477. The van der Waals surface area contributed by atoms with Crippen LogP contribution in [0.3, 0.4) is 0 Å². The van der Waals surface area contributed by atoms with E-state index in [0.717, 1.165) is 29.9 Å². The molecule has 1 unspecified atom stereocenters. The number of aliphatic imine (C=N–C) groups is 2. The van der Waals surface area contributed by atoms with Crippen LogP contribution in [0.5, 0.6) is 0 Å². The molecule has 0 amide bonds. The number of allylic oxidation sites excluding steroid dienone is 2. The zero-order chi connectivity index (χ0) is 14.5. The Balaban J connectivity index is 2.38. The van der Waals surface area contributed by atoms with Gasteiger partial charge in [0.1, 0.15) is 5.82 Å². The maximum atomic E-state index is 5.96. The van der Waals surface area contributed by atoms with Crippen LogP contribution in [0, 0.1) is 5.92 Å². The second kappa shape index (κ2) is 6.46. The third kappa shape index (κ3) is 3.13. The normalized spacial score (nSPS) is 20.2. The molecule has 1 atom stereocenters. The second-order valence-electron chi connectivity index (χ2n) is 5.20. The van der Waals surface area contributed by atoms with Gasteiger partial charge in [-0.15, -0.1) is 0 Å². The van der Waals surface area contributed by atoms with E-state index >= 15 is 0 Å². The van der Waals surface area contributed by atoms with Crippen LogP contribution in [-0.4, -0.2) is 24.1 Å². The lowest BCUT2D eigenvalue weighted by Gasteiger charge is -2.19. The van der Waals surface area contributed by atoms with Gasteiger partial charge < -0.3 is 5.73 Å². The standard InChI is InChI=1S/C16H22N4/c1-4-19-16(18-3)14-9-13(10-20-15(14)17)12-7-5-11(2)6-8-12/h4,7,9-11H,5-6,8H2,1-3H3,(H2,17,20). The highest BCUT2D eigenvalue weighted by Crippen LogP contribution is 2.30. The molecule has 20 heavy (non-hydrogen) atoms. The molecule has 1 aromatic rings. The predicted octanol–water partition coefficient (Wildman–Crippen LogP) is 3.33. The zero-order valence-electron chi connectivity index (χ0n) is 12.4. The number of pyridine rings is 1. The van der Waals surface area contributed by atoms with Crippen LogP contribution in [0.1, 0.15) is 44.2 Å². The molecular weight excluding hydrogens is 248 g/mol.